The van der Waals surface area contributed by atoms with E-state index in [1.54, 1.807) is 4.90 Å². The third-order valence-electron chi connectivity index (χ3n) is 2.63. The summed E-state index contributed by atoms with van der Waals surface area (Å²) in [7, 11) is 0. The van der Waals surface area contributed by atoms with Gasteiger partial charge in [0.1, 0.15) is 5.75 Å². The first-order valence-corrected chi connectivity index (χ1v) is 6.25. The molecule has 18 heavy (non-hydrogen) atoms. The van der Waals surface area contributed by atoms with Crippen LogP contribution in [-0.4, -0.2) is 40.2 Å². The van der Waals surface area contributed by atoms with Crippen molar-refractivity contribution in [2.24, 2.45) is 0 Å². The lowest BCUT2D eigenvalue weighted by atomic mass is 10.1. The highest BCUT2D eigenvalue weighted by Crippen LogP contribution is 2.23. The number of aliphatic hydroxyl groups excluding tert-OH is 1. The number of phenolic OH excluding ortho intramolecular Hbond substituents is 1. The molecular weight excluding hydrogens is 254 g/mol. The second-order valence-electron chi connectivity index (χ2n) is 4.33. The van der Waals surface area contributed by atoms with Gasteiger partial charge < -0.3 is 15.1 Å². The standard InChI is InChI=1S/C13H18ClNO3/c1-9(2)15(6-3-7-16)13(18)11-8-10(14)4-5-12(11)17/h4-5,8-9,16-17H,3,6-7H2,1-2H3. The predicted octanol–water partition coefficient (Wildman–Crippen LogP) is 2.28. The maximum Gasteiger partial charge on any atom is 0.257 e. The van der Waals surface area contributed by atoms with Crippen molar-refractivity contribution in [2.75, 3.05) is 13.2 Å². The van der Waals surface area contributed by atoms with Crippen LogP contribution in [0.3, 0.4) is 0 Å². The molecule has 0 heterocycles. The first-order chi connectivity index (χ1) is 8.47. The van der Waals surface area contributed by atoms with E-state index in [0.29, 0.717) is 18.0 Å². The third-order valence-corrected chi connectivity index (χ3v) is 2.87. The number of nitrogens with zero attached hydrogens (tertiary/aromatic N) is 1. The molecule has 0 saturated carbocycles. The number of hydrogen-bond donors (Lipinski definition) is 2. The van der Waals surface area contributed by atoms with E-state index in [9.17, 15) is 9.90 Å². The van der Waals surface area contributed by atoms with Crippen molar-refractivity contribution >= 4 is 17.5 Å². The van der Waals surface area contributed by atoms with Crippen molar-refractivity contribution < 1.29 is 15.0 Å². The van der Waals surface area contributed by atoms with Crippen LogP contribution in [0.1, 0.15) is 30.6 Å². The van der Waals surface area contributed by atoms with Gasteiger partial charge in [0.2, 0.25) is 0 Å². The van der Waals surface area contributed by atoms with E-state index >= 15 is 0 Å². The number of benzene rings is 1. The Balaban J connectivity index is 2.98. The van der Waals surface area contributed by atoms with Crippen molar-refractivity contribution in [3.05, 3.63) is 28.8 Å². The third kappa shape index (κ3) is 3.62. The number of rotatable bonds is 5. The topological polar surface area (TPSA) is 60.8 Å². The number of aliphatic hydroxyl groups is 1. The summed E-state index contributed by atoms with van der Waals surface area (Å²) in [6.45, 7) is 4.24. The van der Waals surface area contributed by atoms with Crippen LogP contribution in [0, 0.1) is 0 Å². The lowest BCUT2D eigenvalue weighted by molar-refractivity contribution is 0.0690. The molecule has 0 unspecified atom stereocenters. The molecule has 1 aromatic carbocycles. The molecule has 0 aliphatic heterocycles. The van der Waals surface area contributed by atoms with Crippen LogP contribution < -0.4 is 0 Å². The van der Waals surface area contributed by atoms with E-state index in [1.165, 1.54) is 18.2 Å². The Kier molecular flexibility index (Phi) is 5.44. The van der Waals surface area contributed by atoms with Gasteiger partial charge in [-0.1, -0.05) is 11.6 Å². The van der Waals surface area contributed by atoms with Gasteiger partial charge in [-0.3, -0.25) is 4.79 Å². The lowest BCUT2D eigenvalue weighted by Gasteiger charge is -2.27. The van der Waals surface area contributed by atoms with Crippen LogP contribution in [0.15, 0.2) is 18.2 Å². The molecule has 0 radical (unpaired) electrons. The van der Waals surface area contributed by atoms with E-state index < -0.39 is 0 Å². The molecule has 0 saturated heterocycles. The minimum Gasteiger partial charge on any atom is -0.507 e. The van der Waals surface area contributed by atoms with Gasteiger partial charge in [0.05, 0.1) is 5.56 Å². The number of hydrogen-bond acceptors (Lipinski definition) is 3. The quantitative estimate of drug-likeness (QED) is 0.864. The Hall–Kier alpha value is -1.26. The SMILES string of the molecule is CC(C)N(CCCO)C(=O)c1cc(Cl)ccc1O. The van der Waals surface area contributed by atoms with Crippen LogP contribution in [0.4, 0.5) is 0 Å². The number of halogens is 1. The second-order valence-corrected chi connectivity index (χ2v) is 4.77. The molecule has 0 spiro atoms. The Bertz CT molecular complexity index is 421. The maximum absolute atomic E-state index is 12.3. The minimum atomic E-state index is -0.279. The first kappa shape index (κ1) is 14.8. The summed E-state index contributed by atoms with van der Waals surface area (Å²) in [5, 5.41) is 19.0. The Morgan fingerprint density at radius 3 is 2.67 bits per heavy atom. The molecule has 1 rings (SSSR count). The van der Waals surface area contributed by atoms with Gasteiger partial charge in [0, 0.05) is 24.2 Å². The molecule has 2 N–H and O–H groups in total. The van der Waals surface area contributed by atoms with Crippen molar-refractivity contribution in [3.8, 4) is 5.75 Å². The van der Waals surface area contributed by atoms with Crippen LogP contribution in [0.5, 0.6) is 5.75 Å². The average molecular weight is 272 g/mol. The summed E-state index contributed by atoms with van der Waals surface area (Å²) in [5.41, 5.74) is 0.189. The maximum atomic E-state index is 12.3. The summed E-state index contributed by atoms with van der Waals surface area (Å²) >= 11 is 5.83. The molecule has 0 atom stereocenters. The molecule has 5 heteroatoms. The Morgan fingerprint density at radius 1 is 1.44 bits per heavy atom. The molecule has 0 fully saturated rings. The van der Waals surface area contributed by atoms with Crippen LogP contribution in [0.25, 0.3) is 0 Å². The monoisotopic (exact) mass is 271 g/mol. The van der Waals surface area contributed by atoms with Gasteiger partial charge in [-0.05, 0) is 38.5 Å². The van der Waals surface area contributed by atoms with Gasteiger partial charge >= 0.3 is 0 Å². The molecule has 0 aliphatic carbocycles. The molecule has 1 aromatic rings. The summed E-state index contributed by atoms with van der Waals surface area (Å²) in [6.07, 6.45) is 0.505. The first-order valence-electron chi connectivity index (χ1n) is 5.87. The van der Waals surface area contributed by atoms with Crippen LogP contribution >= 0.6 is 11.6 Å². The Labute approximate surface area is 112 Å². The highest BCUT2D eigenvalue weighted by atomic mass is 35.5. The van der Waals surface area contributed by atoms with Gasteiger partial charge in [-0.2, -0.15) is 0 Å². The predicted molar refractivity (Wildman–Crippen MR) is 71.0 cm³/mol. The molecular formula is C13H18ClNO3. The van der Waals surface area contributed by atoms with Crippen molar-refractivity contribution in [1.29, 1.82) is 0 Å². The normalized spacial score (nSPS) is 10.7. The summed E-state index contributed by atoms with van der Waals surface area (Å²) in [4.78, 5) is 13.9. The Morgan fingerprint density at radius 2 is 2.11 bits per heavy atom. The second kappa shape index (κ2) is 6.61. The fourth-order valence-electron chi connectivity index (χ4n) is 1.67. The molecule has 4 nitrogen and oxygen atoms in total. The largest absolute Gasteiger partial charge is 0.507 e. The molecule has 0 aromatic heterocycles. The fourth-order valence-corrected chi connectivity index (χ4v) is 1.84. The lowest BCUT2D eigenvalue weighted by Crippen LogP contribution is -2.38. The zero-order chi connectivity index (χ0) is 13.7. The van der Waals surface area contributed by atoms with E-state index in [4.69, 9.17) is 16.7 Å². The molecule has 1 amide bonds. The molecule has 0 bridgehead atoms. The van der Waals surface area contributed by atoms with Crippen LogP contribution in [-0.2, 0) is 0 Å². The van der Waals surface area contributed by atoms with Gasteiger partial charge in [-0.25, -0.2) is 0 Å². The van der Waals surface area contributed by atoms with Crippen molar-refractivity contribution in [1.82, 2.24) is 4.90 Å². The summed E-state index contributed by atoms with van der Waals surface area (Å²) in [6, 6.07) is 4.37. The highest BCUT2D eigenvalue weighted by Gasteiger charge is 2.21. The molecule has 0 aliphatic rings. The zero-order valence-electron chi connectivity index (χ0n) is 10.6. The van der Waals surface area contributed by atoms with Gasteiger partial charge in [-0.15, -0.1) is 0 Å². The van der Waals surface area contributed by atoms with E-state index in [0.717, 1.165) is 0 Å². The summed E-state index contributed by atoms with van der Waals surface area (Å²) < 4.78 is 0. The fraction of sp³-hybridized carbons (Fsp3) is 0.462. The number of carbonyl (C=O) groups is 1. The van der Waals surface area contributed by atoms with E-state index in [-0.39, 0.29) is 29.9 Å². The smallest absolute Gasteiger partial charge is 0.257 e. The van der Waals surface area contributed by atoms with E-state index in [1.807, 2.05) is 13.8 Å². The summed E-state index contributed by atoms with van der Waals surface area (Å²) in [5.74, 6) is -0.363. The number of carbonyl (C=O) groups excluding carboxylic acids is 1. The molecule has 100 valence electrons. The van der Waals surface area contributed by atoms with E-state index in [2.05, 4.69) is 0 Å². The minimum absolute atomic E-state index is 0.0116. The highest BCUT2D eigenvalue weighted by molar-refractivity contribution is 6.31. The van der Waals surface area contributed by atoms with Gasteiger partial charge in [0.15, 0.2) is 0 Å². The number of amides is 1. The van der Waals surface area contributed by atoms with Gasteiger partial charge in [0.25, 0.3) is 5.91 Å². The van der Waals surface area contributed by atoms with Crippen LogP contribution in [0.2, 0.25) is 5.02 Å². The zero-order valence-corrected chi connectivity index (χ0v) is 11.3. The number of phenols is 1. The van der Waals surface area contributed by atoms with Crippen molar-refractivity contribution in [2.45, 2.75) is 26.3 Å². The van der Waals surface area contributed by atoms with Crippen molar-refractivity contribution in [3.63, 3.8) is 0 Å². The average Bonchev–Trinajstić information content (AvgIpc) is 2.32. The number of aromatic hydroxyl groups is 1.